The third-order valence-electron chi connectivity index (χ3n) is 4.62. The SMILES string of the molecule is CNC(=O)C1CN(C(=O)COC(=O)C(C)Oc2ccc(C)cc2)c2ccccc2O1. The predicted molar refractivity (Wildman–Crippen MR) is 110 cm³/mol. The van der Waals surface area contributed by atoms with Crippen molar-refractivity contribution in [1.29, 1.82) is 0 Å². The summed E-state index contributed by atoms with van der Waals surface area (Å²) in [7, 11) is 1.50. The second kappa shape index (κ2) is 9.30. The summed E-state index contributed by atoms with van der Waals surface area (Å²) < 4.78 is 16.4. The van der Waals surface area contributed by atoms with Gasteiger partial charge in [-0.15, -0.1) is 0 Å². The molecule has 30 heavy (non-hydrogen) atoms. The number of benzene rings is 2. The summed E-state index contributed by atoms with van der Waals surface area (Å²) in [5, 5.41) is 2.51. The van der Waals surface area contributed by atoms with Crippen LogP contribution in [0.2, 0.25) is 0 Å². The molecule has 0 spiro atoms. The number of esters is 1. The van der Waals surface area contributed by atoms with Gasteiger partial charge in [-0.3, -0.25) is 9.59 Å². The minimum absolute atomic E-state index is 0.0164. The number of hydrogen-bond donors (Lipinski definition) is 1. The minimum Gasteiger partial charge on any atom is -0.479 e. The van der Waals surface area contributed by atoms with Crippen LogP contribution in [-0.4, -0.2) is 50.2 Å². The first-order chi connectivity index (χ1) is 14.4. The Balaban J connectivity index is 1.62. The van der Waals surface area contributed by atoms with Gasteiger partial charge in [-0.1, -0.05) is 29.8 Å². The molecule has 1 N–H and O–H groups in total. The highest BCUT2D eigenvalue weighted by molar-refractivity contribution is 5.98. The van der Waals surface area contributed by atoms with Crippen LogP contribution in [-0.2, 0) is 19.1 Å². The highest BCUT2D eigenvalue weighted by Crippen LogP contribution is 2.33. The third kappa shape index (κ3) is 4.89. The number of fused-ring (bicyclic) bond motifs is 1. The van der Waals surface area contributed by atoms with Gasteiger partial charge in [-0.05, 0) is 38.1 Å². The first-order valence-electron chi connectivity index (χ1n) is 9.56. The van der Waals surface area contributed by atoms with Crippen molar-refractivity contribution in [2.24, 2.45) is 0 Å². The number of nitrogens with zero attached hydrogens (tertiary/aromatic N) is 1. The summed E-state index contributed by atoms with van der Waals surface area (Å²) in [5.74, 6) is -0.525. The molecule has 0 saturated carbocycles. The highest BCUT2D eigenvalue weighted by atomic mass is 16.6. The molecule has 1 aliphatic rings. The Labute approximate surface area is 174 Å². The number of para-hydroxylation sites is 2. The van der Waals surface area contributed by atoms with Crippen molar-refractivity contribution < 1.29 is 28.6 Å². The average molecular weight is 412 g/mol. The zero-order chi connectivity index (χ0) is 21.7. The lowest BCUT2D eigenvalue weighted by Gasteiger charge is -2.33. The van der Waals surface area contributed by atoms with Gasteiger partial charge in [0.25, 0.3) is 11.8 Å². The quantitative estimate of drug-likeness (QED) is 0.728. The molecule has 0 fully saturated rings. The van der Waals surface area contributed by atoms with Crippen LogP contribution >= 0.6 is 0 Å². The van der Waals surface area contributed by atoms with E-state index in [0.717, 1.165) is 5.56 Å². The van der Waals surface area contributed by atoms with E-state index in [4.69, 9.17) is 14.2 Å². The van der Waals surface area contributed by atoms with E-state index in [1.165, 1.54) is 11.9 Å². The molecule has 3 rings (SSSR count). The van der Waals surface area contributed by atoms with Gasteiger partial charge in [0.2, 0.25) is 0 Å². The molecule has 2 atom stereocenters. The van der Waals surface area contributed by atoms with Gasteiger partial charge >= 0.3 is 5.97 Å². The Bertz CT molecular complexity index is 927. The van der Waals surface area contributed by atoms with E-state index < -0.39 is 30.7 Å². The van der Waals surface area contributed by atoms with Crippen molar-refractivity contribution in [1.82, 2.24) is 5.32 Å². The normalized spacial score (nSPS) is 16.0. The Morgan fingerprint density at radius 3 is 2.57 bits per heavy atom. The molecule has 1 heterocycles. The van der Waals surface area contributed by atoms with Crippen LogP contribution in [0.25, 0.3) is 0 Å². The smallest absolute Gasteiger partial charge is 0.347 e. The van der Waals surface area contributed by atoms with Crippen molar-refractivity contribution in [3.05, 3.63) is 54.1 Å². The van der Waals surface area contributed by atoms with Gasteiger partial charge in [0.05, 0.1) is 12.2 Å². The lowest BCUT2D eigenvalue weighted by Crippen LogP contribution is -2.51. The van der Waals surface area contributed by atoms with E-state index in [2.05, 4.69) is 5.32 Å². The molecule has 0 aliphatic carbocycles. The number of hydrogen-bond acceptors (Lipinski definition) is 6. The standard InChI is InChI=1S/C22H24N2O6/c1-14-8-10-16(11-9-14)29-15(2)22(27)28-13-20(25)24-12-19(21(26)23-3)30-18-7-5-4-6-17(18)24/h4-11,15,19H,12-13H2,1-3H3,(H,23,26). The molecule has 0 saturated heterocycles. The number of ether oxygens (including phenoxy) is 3. The average Bonchev–Trinajstić information content (AvgIpc) is 2.77. The van der Waals surface area contributed by atoms with E-state index >= 15 is 0 Å². The van der Waals surface area contributed by atoms with Crippen molar-refractivity contribution in [3.63, 3.8) is 0 Å². The number of carbonyl (C=O) groups is 3. The summed E-state index contributed by atoms with van der Waals surface area (Å²) in [6, 6.07) is 14.1. The zero-order valence-electron chi connectivity index (χ0n) is 17.1. The number of likely N-dealkylation sites (N-methyl/N-ethyl adjacent to an activating group) is 1. The van der Waals surface area contributed by atoms with E-state index in [0.29, 0.717) is 17.2 Å². The molecule has 2 aromatic carbocycles. The molecule has 2 amide bonds. The number of anilines is 1. The first kappa shape index (κ1) is 21.2. The maximum Gasteiger partial charge on any atom is 0.347 e. The van der Waals surface area contributed by atoms with E-state index in [1.807, 2.05) is 19.1 Å². The number of nitrogens with one attached hydrogen (secondary N) is 1. The Hall–Kier alpha value is -3.55. The summed E-state index contributed by atoms with van der Waals surface area (Å²) >= 11 is 0. The Kier molecular flexibility index (Phi) is 6.56. The second-order valence-corrected chi connectivity index (χ2v) is 6.87. The number of amides is 2. The molecule has 0 aromatic heterocycles. The van der Waals surface area contributed by atoms with Crippen LogP contribution < -0.4 is 19.7 Å². The van der Waals surface area contributed by atoms with Gasteiger partial charge in [0, 0.05) is 7.05 Å². The monoisotopic (exact) mass is 412 g/mol. The van der Waals surface area contributed by atoms with Crippen molar-refractivity contribution in [2.45, 2.75) is 26.1 Å². The topological polar surface area (TPSA) is 94.2 Å². The fraction of sp³-hybridized carbons (Fsp3) is 0.318. The number of rotatable bonds is 6. The largest absolute Gasteiger partial charge is 0.479 e. The molecule has 8 nitrogen and oxygen atoms in total. The van der Waals surface area contributed by atoms with Crippen LogP contribution in [0.15, 0.2) is 48.5 Å². The lowest BCUT2D eigenvalue weighted by molar-refractivity contribution is -0.154. The van der Waals surface area contributed by atoms with Gasteiger partial charge < -0.3 is 24.4 Å². The van der Waals surface area contributed by atoms with Gasteiger partial charge in [0.1, 0.15) is 11.5 Å². The molecule has 0 bridgehead atoms. The molecule has 2 unspecified atom stereocenters. The summed E-state index contributed by atoms with van der Waals surface area (Å²) in [4.78, 5) is 38.4. The van der Waals surface area contributed by atoms with Crippen LogP contribution in [0, 0.1) is 6.92 Å². The fourth-order valence-corrected chi connectivity index (χ4v) is 2.97. The lowest BCUT2D eigenvalue weighted by atomic mass is 10.1. The van der Waals surface area contributed by atoms with E-state index in [1.54, 1.807) is 43.3 Å². The van der Waals surface area contributed by atoms with E-state index in [9.17, 15) is 14.4 Å². The fourth-order valence-electron chi connectivity index (χ4n) is 2.97. The summed E-state index contributed by atoms with van der Waals surface area (Å²) in [6.45, 7) is 3.04. The maximum absolute atomic E-state index is 12.8. The van der Waals surface area contributed by atoms with Gasteiger partial charge in [0.15, 0.2) is 18.8 Å². The van der Waals surface area contributed by atoms with Crippen molar-refractivity contribution >= 4 is 23.5 Å². The van der Waals surface area contributed by atoms with E-state index in [-0.39, 0.29) is 12.5 Å². The molecule has 158 valence electrons. The minimum atomic E-state index is -0.879. The van der Waals surface area contributed by atoms with Crippen molar-refractivity contribution in [3.8, 4) is 11.5 Å². The van der Waals surface area contributed by atoms with Crippen LogP contribution in [0.5, 0.6) is 11.5 Å². The molecule has 2 aromatic rings. The molecular weight excluding hydrogens is 388 g/mol. The molecule has 1 aliphatic heterocycles. The van der Waals surface area contributed by atoms with Crippen LogP contribution in [0.3, 0.4) is 0 Å². The summed E-state index contributed by atoms with van der Waals surface area (Å²) in [5.41, 5.74) is 1.59. The van der Waals surface area contributed by atoms with Crippen LogP contribution in [0.1, 0.15) is 12.5 Å². The highest BCUT2D eigenvalue weighted by Gasteiger charge is 2.33. The first-order valence-corrected chi connectivity index (χ1v) is 9.56. The molecular formula is C22H24N2O6. The van der Waals surface area contributed by atoms with Crippen LogP contribution in [0.4, 0.5) is 5.69 Å². The Morgan fingerprint density at radius 2 is 1.87 bits per heavy atom. The number of aryl methyl sites for hydroxylation is 1. The number of carbonyl (C=O) groups excluding carboxylic acids is 3. The second-order valence-electron chi connectivity index (χ2n) is 6.87. The van der Waals surface area contributed by atoms with Crippen molar-refractivity contribution in [2.75, 3.05) is 25.1 Å². The molecule has 0 radical (unpaired) electrons. The zero-order valence-corrected chi connectivity index (χ0v) is 17.1. The van der Waals surface area contributed by atoms with Gasteiger partial charge in [-0.25, -0.2) is 4.79 Å². The summed E-state index contributed by atoms with van der Waals surface area (Å²) in [6.07, 6.45) is -1.73. The Morgan fingerprint density at radius 1 is 1.17 bits per heavy atom. The predicted octanol–water partition coefficient (Wildman–Crippen LogP) is 1.85. The molecule has 8 heteroatoms. The maximum atomic E-state index is 12.8. The van der Waals surface area contributed by atoms with Gasteiger partial charge in [-0.2, -0.15) is 0 Å². The third-order valence-corrected chi connectivity index (χ3v) is 4.62.